The molecule has 26 heavy (non-hydrogen) atoms. The van der Waals surface area contributed by atoms with Crippen LogP contribution in [0.25, 0.3) is 10.8 Å². The molecule has 1 heterocycles. The lowest BCUT2D eigenvalue weighted by molar-refractivity contribution is -0.914. The van der Waals surface area contributed by atoms with Gasteiger partial charge in [0.1, 0.15) is 6.54 Å². The topological polar surface area (TPSA) is 24.8 Å². The Morgan fingerprint density at radius 1 is 0.923 bits per heavy atom. The van der Waals surface area contributed by atoms with E-state index >= 15 is 0 Å². The fourth-order valence-corrected chi connectivity index (χ4v) is 3.88. The Balaban J connectivity index is 1.41. The number of rotatable bonds is 4. The first-order valence-electron chi connectivity index (χ1n) is 9.37. The highest BCUT2D eigenvalue weighted by molar-refractivity contribution is 5.94. The second-order valence-corrected chi connectivity index (χ2v) is 7.16. The Morgan fingerprint density at radius 2 is 1.62 bits per heavy atom. The van der Waals surface area contributed by atoms with E-state index in [4.69, 9.17) is 0 Å². The van der Waals surface area contributed by atoms with Gasteiger partial charge < -0.3 is 9.80 Å². The van der Waals surface area contributed by atoms with E-state index < -0.39 is 0 Å². The third kappa shape index (κ3) is 3.49. The smallest absolute Gasteiger partial charge is 0.159 e. The van der Waals surface area contributed by atoms with Gasteiger partial charge in [-0.2, -0.15) is 0 Å². The third-order valence-electron chi connectivity index (χ3n) is 5.43. The molecule has 0 aromatic heterocycles. The van der Waals surface area contributed by atoms with E-state index in [0.29, 0.717) is 0 Å². The molecule has 0 atom stereocenters. The predicted octanol–water partition coefficient (Wildman–Crippen LogP) is 2.95. The quantitative estimate of drug-likeness (QED) is 0.736. The van der Waals surface area contributed by atoms with Gasteiger partial charge in [-0.15, -0.1) is 0 Å². The zero-order valence-corrected chi connectivity index (χ0v) is 15.2. The van der Waals surface area contributed by atoms with Gasteiger partial charge in [-0.25, -0.2) is 0 Å². The van der Waals surface area contributed by atoms with Crippen molar-refractivity contribution in [2.45, 2.75) is 13.5 Å². The molecule has 0 radical (unpaired) electrons. The number of anilines is 1. The molecule has 0 aliphatic carbocycles. The highest BCUT2D eigenvalue weighted by atomic mass is 16.1. The molecule has 3 heteroatoms. The predicted molar refractivity (Wildman–Crippen MR) is 107 cm³/mol. The number of piperazine rings is 1. The maximum absolute atomic E-state index is 11.4. The summed E-state index contributed by atoms with van der Waals surface area (Å²) in [7, 11) is 0. The average molecular weight is 345 g/mol. The summed E-state index contributed by atoms with van der Waals surface area (Å²) in [6.45, 7) is 7.08. The summed E-state index contributed by atoms with van der Waals surface area (Å²) in [5, 5.41) is 2.71. The lowest BCUT2D eigenvalue weighted by atomic mass is 10.0. The minimum atomic E-state index is 0.126. The minimum absolute atomic E-state index is 0.126. The number of hydrogen-bond donors (Lipinski definition) is 1. The number of fused-ring (bicyclic) bond motifs is 1. The van der Waals surface area contributed by atoms with Crippen LogP contribution >= 0.6 is 0 Å². The van der Waals surface area contributed by atoms with Crippen LogP contribution < -0.4 is 9.80 Å². The van der Waals surface area contributed by atoms with Crippen LogP contribution in [0.3, 0.4) is 0 Å². The number of hydrogen-bond acceptors (Lipinski definition) is 2. The van der Waals surface area contributed by atoms with Crippen molar-refractivity contribution in [2.24, 2.45) is 0 Å². The maximum Gasteiger partial charge on any atom is 0.159 e. The molecule has 0 bridgehead atoms. The van der Waals surface area contributed by atoms with Gasteiger partial charge in [0.15, 0.2) is 5.78 Å². The van der Waals surface area contributed by atoms with Crippen molar-refractivity contribution >= 4 is 22.2 Å². The summed E-state index contributed by atoms with van der Waals surface area (Å²) in [4.78, 5) is 15.5. The highest BCUT2D eigenvalue weighted by Gasteiger charge is 2.21. The number of ketones is 1. The van der Waals surface area contributed by atoms with Crippen LogP contribution in [0.15, 0.2) is 66.7 Å². The van der Waals surface area contributed by atoms with Crippen molar-refractivity contribution in [3.63, 3.8) is 0 Å². The van der Waals surface area contributed by atoms with Gasteiger partial charge in [0.2, 0.25) is 0 Å². The van der Waals surface area contributed by atoms with Crippen molar-refractivity contribution in [3.8, 4) is 0 Å². The fourth-order valence-electron chi connectivity index (χ4n) is 3.88. The van der Waals surface area contributed by atoms with Crippen LogP contribution in [0, 0.1) is 0 Å². The Bertz CT molecular complexity index is 904. The van der Waals surface area contributed by atoms with E-state index in [1.54, 1.807) is 11.8 Å². The van der Waals surface area contributed by atoms with Crippen molar-refractivity contribution in [1.29, 1.82) is 0 Å². The van der Waals surface area contributed by atoms with Crippen LogP contribution in [0.4, 0.5) is 5.69 Å². The number of benzene rings is 3. The molecule has 1 saturated heterocycles. The molecule has 3 nitrogen and oxygen atoms in total. The Morgan fingerprint density at radius 3 is 2.35 bits per heavy atom. The molecule has 0 unspecified atom stereocenters. The molecule has 3 aromatic carbocycles. The molecule has 1 aliphatic heterocycles. The summed E-state index contributed by atoms with van der Waals surface area (Å²) in [5.41, 5.74) is 3.45. The number of Topliss-reactive ketones (excluding diaryl/α,β-unsaturated/α-hetero) is 1. The van der Waals surface area contributed by atoms with E-state index in [2.05, 4.69) is 59.5 Å². The van der Waals surface area contributed by atoms with E-state index in [0.717, 1.165) is 38.3 Å². The van der Waals surface area contributed by atoms with Crippen LogP contribution in [0.5, 0.6) is 0 Å². The standard InChI is InChI=1S/C23H24N2O/c1-18(26)19-9-11-22(12-10-19)25-15-13-24(14-16-25)17-21-7-4-6-20-5-2-3-8-23(20)21/h2-12H,13-17H2,1H3/p+1. The zero-order chi connectivity index (χ0) is 17.9. The zero-order valence-electron chi connectivity index (χ0n) is 15.2. The van der Waals surface area contributed by atoms with E-state index in [1.165, 1.54) is 22.0 Å². The lowest BCUT2D eigenvalue weighted by Gasteiger charge is -2.34. The summed E-state index contributed by atoms with van der Waals surface area (Å²) < 4.78 is 0. The number of carbonyl (C=O) groups is 1. The normalized spacial score (nSPS) is 15.3. The summed E-state index contributed by atoms with van der Waals surface area (Å²) in [6, 6.07) is 23.3. The summed E-state index contributed by atoms with van der Waals surface area (Å²) >= 11 is 0. The average Bonchev–Trinajstić information content (AvgIpc) is 2.69. The molecular formula is C23H25N2O+. The second-order valence-electron chi connectivity index (χ2n) is 7.16. The molecule has 0 saturated carbocycles. The molecule has 0 spiro atoms. The Labute approximate surface area is 154 Å². The number of nitrogens with one attached hydrogen (secondary N) is 1. The van der Waals surface area contributed by atoms with Crippen molar-refractivity contribution in [1.82, 2.24) is 0 Å². The first-order chi connectivity index (χ1) is 12.7. The van der Waals surface area contributed by atoms with Gasteiger partial charge in [-0.05, 0) is 42.0 Å². The summed E-state index contributed by atoms with van der Waals surface area (Å²) in [5.74, 6) is 0.126. The van der Waals surface area contributed by atoms with Gasteiger partial charge in [0.25, 0.3) is 0 Å². The summed E-state index contributed by atoms with van der Waals surface area (Å²) in [6.07, 6.45) is 0. The van der Waals surface area contributed by atoms with Crippen molar-refractivity contribution in [2.75, 3.05) is 31.1 Å². The maximum atomic E-state index is 11.4. The monoisotopic (exact) mass is 345 g/mol. The highest BCUT2D eigenvalue weighted by Crippen LogP contribution is 2.18. The largest absolute Gasteiger partial charge is 0.360 e. The number of nitrogens with zero attached hydrogens (tertiary/aromatic N) is 1. The molecule has 1 fully saturated rings. The molecule has 1 aliphatic rings. The Hall–Kier alpha value is -2.65. The SMILES string of the molecule is CC(=O)c1ccc(N2CC[NH+](Cc3cccc4ccccc34)CC2)cc1. The molecule has 132 valence electrons. The lowest BCUT2D eigenvalue weighted by Crippen LogP contribution is -3.13. The first-order valence-corrected chi connectivity index (χ1v) is 9.37. The van der Waals surface area contributed by atoms with E-state index in [1.807, 2.05) is 12.1 Å². The Kier molecular flexibility index (Phi) is 4.72. The van der Waals surface area contributed by atoms with Gasteiger partial charge >= 0.3 is 0 Å². The van der Waals surface area contributed by atoms with Gasteiger partial charge in [-0.1, -0.05) is 42.5 Å². The van der Waals surface area contributed by atoms with Crippen LogP contribution in [-0.2, 0) is 6.54 Å². The minimum Gasteiger partial charge on any atom is -0.360 e. The van der Waals surface area contributed by atoms with Crippen LogP contribution in [-0.4, -0.2) is 32.0 Å². The number of carbonyl (C=O) groups excluding carboxylic acids is 1. The molecule has 0 amide bonds. The van der Waals surface area contributed by atoms with Gasteiger partial charge in [-0.3, -0.25) is 4.79 Å². The molecule has 1 N–H and O–H groups in total. The fraction of sp³-hybridized carbons (Fsp3) is 0.261. The van der Waals surface area contributed by atoms with E-state index in [9.17, 15) is 4.79 Å². The first kappa shape index (κ1) is 16.8. The molecule has 3 aromatic rings. The van der Waals surface area contributed by atoms with Gasteiger partial charge in [0, 0.05) is 16.8 Å². The van der Waals surface area contributed by atoms with Crippen molar-refractivity contribution < 1.29 is 9.69 Å². The molecule has 4 rings (SSSR count). The van der Waals surface area contributed by atoms with Crippen molar-refractivity contribution in [3.05, 3.63) is 77.9 Å². The number of quaternary nitrogens is 1. The van der Waals surface area contributed by atoms with E-state index in [-0.39, 0.29) is 5.78 Å². The third-order valence-corrected chi connectivity index (χ3v) is 5.43. The van der Waals surface area contributed by atoms with Gasteiger partial charge in [0.05, 0.1) is 26.2 Å². The molecular weight excluding hydrogens is 320 g/mol. The second kappa shape index (κ2) is 7.30. The van der Waals surface area contributed by atoms with Crippen LogP contribution in [0.2, 0.25) is 0 Å². The van der Waals surface area contributed by atoms with Crippen LogP contribution in [0.1, 0.15) is 22.8 Å².